The molecule has 10 heteroatoms. The van der Waals surface area contributed by atoms with Crippen molar-refractivity contribution in [1.29, 1.82) is 0 Å². The van der Waals surface area contributed by atoms with Crippen LogP contribution in [0.15, 0.2) is 53.9 Å². The minimum atomic E-state index is -0.776. The molecule has 0 radical (unpaired) electrons. The van der Waals surface area contributed by atoms with Gasteiger partial charge in [0.2, 0.25) is 0 Å². The number of para-hydroxylation sites is 1. The van der Waals surface area contributed by atoms with Crippen LogP contribution in [0.1, 0.15) is 33.6 Å². The number of hydrogen-bond donors (Lipinski definition) is 1. The van der Waals surface area contributed by atoms with E-state index in [-0.39, 0.29) is 23.0 Å². The Balaban J connectivity index is 1.92. The highest BCUT2D eigenvalue weighted by Crippen LogP contribution is 2.37. The number of carbonyl (C=O) groups is 3. The number of esters is 2. The van der Waals surface area contributed by atoms with E-state index in [0.29, 0.717) is 31.6 Å². The van der Waals surface area contributed by atoms with Gasteiger partial charge < -0.3 is 29.3 Å². The van der Waals surface area contributed by atoms with Gasteiger partial charge in [-0.05, 0) is 57.9 Å². The second kappa shape index (κ2) is 11.3. The van der Waals surface area contributed by atoms with Gasteiger partial charge in [0, 0.05) is 25.3 Å². The minimum absolute atomic E-state index is 0.0233. The topological polar surface area (TPSA) is 97.4 Å². The minimum Gasteiger partial charge on any atom is -0.465 e. The van der Waals surface area contributed by atoms with Gasteiger partial charge in [0.1, 0.15) is 17.1 Å². The van der Waals surface area contributed by atoms with Gasteiger partial charge in [0.15, 0.2) is 0 Å². The molecule has 1 N–H and O–H groups in total. The van der Waals surface area contributed by atoms with Crippen molar-refractivity contribution >= 4 is 29.4 Å². The van der Waals surface area contributed by atoms with Crippen molar-refractivity contribution in [3.8, 4) is 0 Å². The molecule has 2 aliphatic rings. The van der Waals surface area contributed by atoms with Crippen molar-refractivity contribution in [2.75, 3.05) is 37.1 Å². The molecular weight excluding hydrogens is 469 g/mol. The molecule has 1 aromatic rings. The second-order valence-corrected chi connectivity index (χ2v) is 9.33. The number of piperidine rings is 1. The van der Waals surface area contributed by atoms with Crippen molar-refractivity contribution in [2.45, 2.75) is 45.3 Å². The van der Waals surface area contributed by atoms with Crippen molar-refractivity contribution < 1.29 is 33.0 Å². The Morgan fingerprint density at radius 2 is 1.69 bits per heavy atom. The van der Waals surface area contributed by atoms with Crippen LogP contribution in [0.5, 0.6) is 0 Å². The average Bonchev–Trinajstić information content (AvgIpc) is 3.05. The van der Waals surface area contributed by atoms with Crippen molar-refractivity contribution in [2.24, 2.45) is 0 Å². The lowest BCUT2D eigenvalue weighted by atomic mass is 10.0. The second-order valence-electron chi connectivity index (χ2n) is 9.33. The zero-order valence-corrected chi connectivity index (χ0v) is 21.2. The third kappa shape index (κ3) is 6.24. The van der Waals surface area contributed by atoms with Gasteiger partial charge in [-0.25, -0.2) is 18.8 Å². The third-order valence-electron chi connectivity index (χ3n) is 5.65. The van der Waals surface area contributed by atoms with Gasteiger partial charge >= 0.3 is 18.0 Å². The number of benzene rings is 1. The molecule has 1 aromatic carbocycles. The SMILES string of the molecule is COC(=O)C1=C(C(=O)OC)N(c2cccc(F)c2N2CCC(NC(=O)OC(C)(C)C)CC2)C=CC=C1. The molecule has 0 aliphatic carbocycles. The van der Waals surface area contributed by atoms with E-state index >= 15 is 4.39 Å². The molecule has 1 fully saturated rings. The largest absolute Gasteiger partial charge is 0.465 e. The molecule has 0 saturated carbocycles. The standard InChI is InChI=1S/C26H32FN3O6/c1-26(2,3)36-25(33)28-17-12-15-29(16-13-17)22-19(27)10-8-11-20(22)30-14-7-6-9-18(23(31)34-4)21(30)24(32)35-5/h6-11,14,17H,12-13,15-16H2,1-5H3,(H,28,33). The number of methoxy groups -OCH3 is 2. The summed E-state index contributed by atoms with van der Waals surface area (Å²) < 4.78 is 30.4. The Labute approximate surface area is 210 Å². The predicted octanol–water partition coefficient (Wildman–Crippen LogP) is 3.81. The van der Waals surface area contributed by atoms with Crippen LogP contribution in [0.3, 0.4) is 0 Å². The fourth-order valence-corrected chi connectivity index (χ4v) is 4.08. The van der Waals surface area contributed by atoms with Crippen LogP contribution >= 0.6 is 0 Å². The lowest BCUT2D eigenvalue weighted by molar-refractivity contribution is -0.139. The monoisotopic (exact) mass is 501 g/mol. The molecule has 36 heavy (non-hydrogen) atoms. The Bertz CT molecular complexity index is 1100. The number of hydrogen-bond acceptors (Lipinski definition) is 8. The van der Waals surface area contributed by atoms with Crippen LogP contribution in [0.2, 0.25) is 0 Å². The summed E-state index contributed by atoms with van der Waals surface area (Å²) in [7, 11) is 2.42. The predicted molar refractivity (Wildman–Crippen MR) is 133 cm³/mol. The quantitative estimate of drug-likeness (QED) is 0.481. The van der Waals surface area contributed by atoms with Crippen LogP contribution in [-0.4, -0.2) is 57.0 Å². The summed E-state index contributed by atoms with van der Waals surface area (Å²) in [5.74, 6) is -1.99. The Morgan fingerprint density at radius 1 is 1.03 bits per heavy atom. The Morgan fingerprint density at radius 3 is 2.31 bits per heavy atom. The van der Waals surface area contributed by atoms with E-state index in [1.165, 1.54) is 37.3 Å². The number of alkyl carbamates (subject to hydrolysis) is 1. The maximum Gasteiger partial charge on any atom is 0.407 e. The van der Waals surface area contributed by atoms with Crippen LogP contribution in [0.4, 0.5) is 20.6 Å². The molecule has 1 amide bonds. The highest BCUT2D eigenvalue weighted by Gasteiger charge is 2.32. The zero-order valence-electron chi connectivity index (χ0n) is 21.2. The lowest BCUT2D eigenvalue weighted by Crippen LogP contribution is -2.46. The fourth-order valence-electron chi connectivity index (χ4n) is 4.08. The molecule has 9 nitrogen and oxygen atoms in total. The highest BCUT2D eigenvalue weighted by molar-refractivity contribution is 6.06. The molecule has 0 atom stereocenters. The summed E-state index contributed by atoms with van der Waals surface area (Å²) >= 11 is 0. The first kappa shape index (κ1) is 26.8. The van der Waals surface area contributed by atoms with Crippen molar-refractivity contribution in [1.82, 2.24) is 5.32 Å². The molecule has 0 bridgehead atoms. The van der Waals surface area contributed by atoms with Gasteiger partial charge in [-0.3, -0.25) is 0 Å². The highest BCUT2D eigenvalue weighted by atomic mass is 19.1. The van der Waals surface area contributed by atoms with Crippen LogP contribution in [-0.2, 0) is 23.8 Å². The molecular formula is C26H32FN3O6. The summed E-state index contributed by atoms with van der Waals surface area (Å²) in [5.41, 5.74) is -0.0933. The van der Waals surface area contributed by atoms with Gasteiger partial charge in [-0.15, -0.1) is 0 Å². The Hall–Kier alpha value is -3.82. The van der Waals surface area contributed by atoms with E-state index in [1.54, 1.807) is 45.2 Å². The van der Waals surface area contributed by atoms with Crippen molar-refractivity contribution in [3.63, 3.8) is 0 Å². The van der Waals surface area contributed by atoms with E-state index in [4.69, 9.17) is 14.2 Å². The first-order valence-corrected chi connectivity index (χ1v) is 11.6. The van der Waals surface area contributed by atoms with E-state index in [9.17, 15) is 14.4 Å². The molecule has 194 valence electrons. The number of halogens is 1. The third-order valence-corrected chi connectivity index (χ3v) is 5.65. The molecule has 0 aromatic heterocycles. The number of carbonyl (C=O) groups excluding carboxylic acids is 3. The normalized spacial score (nSPS) is 16.5. The van der Waals surface area contributed by atoms with Crippen LogP contribution < -0.4 is 15.1 Å². The summed E-state index contributed by atoms with van der Waals surface area (Å²) in [4.78, 5) is 40.7. The molecule has 3 rings (SSSR count). The van der Waals surface area contributed by atoms with E-state index in [0.717, 1.165) is 0 Å². The number of amides is 1. The molecule has 0 unspecified atom stereocenters. The number of nitrogens with zero attached hydrogens (tertiary/aromatic N) is 2. The molecule has 2 heterocycles. The number of anilines is 2. The smallest absolute Gasteiger partial charge is 0.407 e. The summed E-state index contributed by atoms with van der Waals surface area (Å²) in [5, 5.41) is 2.87. The average molecular weight is 502 g/mol. The van der Waals surface area contributed by atoms with E-state index in [1.807, 2.05) is 4.90 Å². The van der Waals surface area contributed by atoms with Gasteiger partial charge in [0.05, 0.1) is 31.2 Å². The lowest BCUT2D eigenvalue weighted by Gasteiger charge is -2.37. The molecule has 0 spiro atoms. The number of nitrogens with one attached hydrogen (secondary N) is 1. The first-order valence-electron chi connectivity index (χ1n) is 11.6. The van der Waals surface area contributed by atoms with E-state index < -0.39 is 29.5 Å². The molecule has 2 aliphatic heterocycles. The first-order chi connectivity index (χ1) is 17.1. The van der Waals surface area contributed by atoms with Crippen LogP contribution in [0.25, 0.3) is 0 Å². The maximum atomic E-state index is 15.3. The number of rotatable bonds is 5. The van der Waals surface area contributed by atoms with Gasteiger partial charge in [0.25, 0.3) is 0 Å². The van der Waals surface area contributed by atoms with Gasteiger partial charge in [-0.2, -0.15) is 0 Å². The van der Waals surface area contributed by atoms with Crippen molar-refractivity contribution in [3.05, 3.63) is 59.7 Å². The van der Waals surface area contributed by atoms with E-state index in [2.05, 4.69) is 5.32 Å². The number of ether oxygens (including phenoxy) is 3. The summed E-state index contributed by atoms with van der Waals surface area (Å²) in [6.07, 6.45) is 6.87. The fraction of sp³-hybridized carbons (Fsp3) is 0.423. The maximum absolute atomic E-state index is 15.3. The number of allylic oxidation sites excluding steroid dienone is 2. The zero-order chi connectivity index (χ0) is 26.5. The van der Waals surface area contributed by atoms with Crippen LogP contribution in [0, 0.1) is 5.82 Å². The van der Waals surface area contributed by atoms with Gasteiger partial charge in [-0.1, -0.05) is 12.1 Å². The Kier molecular flexibility index (Phi) is 8.39. The molecule has 1 saturated heterocycles. The summed E-state index contributed by atoms with van der Waals surface area (Å²) in [6.45, 7) is 6.29. The summed E-state index contributed by atoms with van der Waals surface area (Å²) in [6, 6.07) is 4.41.